The third kappa shape index (κ3) is 6.92. The number of benzene rings is 3. The second-order valence-electron chi connectivity index (χ2n) is 8.90. The van der Waals surface area contributed by atoms with Crippen LogP contribution in [0.1, 0.15) is 5.56 Å². The Hall–Kier alpha value is -4.76. The number of nitro benzene ring substituents is 1. The normalized spacial score (nSPS) is 13.5. The predicted octanol–water partition coefficient (Wildman–Crippen LogP) is 2.93. The Morgan fingerprint density at radius 1 is 1.10 bits per heavy atom. The number of nitrogens with one attached hydrogen (secondary N) is 1. The molecule has 1 saturated heterocycles. The van der Waals surface area contributed by atoms with Crippen LogP contribution in [0.3, 0.4) is 0 Å². The molecule has 1 aliphatic rings. The van der Waals surface area contributed by atoms with E-state index in [4.69, 9.17) is 14.2 Å². The van der Waals surface area contributed by atoms with E-state index in [1.54, 1.807) is 6.07 Å². The fourth-order valence-electron chi connectivity index (χ4n) is 4.22. The maximum absolute atomic E-state index is 13.7. The summed E-state index contributed by atoms with van der Waals surface area (Å²) in [7, 11) is -1.61. The monoisotopic (exact) mass is 601 g/mol. The molecule has 1 aliphatic heterocycles. The van der Waals surface area contributed by atoms with Crippen LogP contribution in [0.2, 0.25) is 0 Å². The van der Waals surface area contributed by atoms with Crippen molar-refractivity contribution in [2.75, 3.05) is 56.3 Å². The molecule has 3 aromatic rings. The van der Waals surface area contributed by atoms with Gasteiger partial charge >= 0.3 is 0 Å². The molecule has 4 rings (SSSR count). The first-order valence-electron chi connectivity index (χ1n) is 12.6. The van der Waals surface area contributed by atoms with Crippen LogP contribution in [0.25, 0.3) is 0 Å². The number of carbonyl (C=O) groups excluding carboxylic acids is 1. The van der Waals surface area contributed by atoms with E-state index in [-0.39, 0.29) is 22.0 Å². The maximum Gasteiger partial charge on any atom is 0.270 e. The van der Waals surface area contributed by atoms with Crippen molar-refractivity contribution >= 4 is 39.2 Å². The molecule has 0 bridgehead atoms. The lowest BCUT2D eigenvalue weighted by Gasteiger charge is -2.29. The molecule has 0 saturated carbocycles. The van der Waals surface area contributed by atoms with Gasteiger partial charge in [-0.25, -0.2) is 18.2 Å². The van der Waals surface area contributed by atoms with E-state index in [0.29, 0.717) is 43.3 Å². The molecule has 0 radical (unpaired) electrons. The van der Waals surface area contributed by atoms with Crippen LogP contribution in [0.5, 0.6) is 11.5 Å². The minimum atomic E-state index is -4.36. The van der Waals surface area contributed by atoms with Crippen LogP contribution >= 0.6 is 0 Å². The van der Waals surface area contributed by atoms with Gasteiger partial charge in [-0.05, 0) is 42.5 Å². The number of rotatable bonds is 11. The van der Waals surface area contributed by atoms with Gasteiger partial charge in [0.15, 0.2) is 11.5 Å². The predicted molar refractivity (Wildman–Crippen MR) is 152 cm³/mol. The van der Waals surface area contributed by atoms with Crippen molar-refractivity contribution in [2.24, 2.45) is 5.10 Å². The number of nitro groups is 1. The van der Waals surface area contributed by atoms with Crippen molar-refractivity contribution in [1.29, 1.82) is 0 Å². The van der Waals surface area contributed by atoms with Crippen molar-refractivity contribution in [3.05, 3.63) is 82.2 Å². The number of amides is 1. The van der Waals surface area contributed by atoms with E-state index in [2.05, 4.69) is 10.5 Å². The van der Waals surface area contributed by atoms with Crippen LogP contribution in [-0.2, 0) is 19.6 Å². The number of methoxy groups -OCH3 is 2. The minimum absolute atomic E-state index is 0.0265. The van der Waals surface area contributed by atoms with Gasteiger partial charge < -0.3 is 19.1 Å². The van der Waals surface area contributed by atoms with Gasteiger partial charge in [0.25, 0.3) is 21.6 Å². The van der Waals surface area contributed by atoms with Crippen LogP contribution < -0.4 is 24.1 Å². The number of hydrogen-bond acceptors (Lipinski definition) is 10. The summed E-state index contributed by atoms with van der Waals surface area (Å²) in [6.45, 7) is 1.37. The molecule has 1 fully saturated rings. The summed E-state index contributed by atoms with van der Waals surface area (Å²) < 4.78 is 57.5. The number of ether oxygens (including phenoxy) is 3. The number of halogens is 1. The molecule has 0 spiro atoms. The SMILES string of the molecule is COc1ccc(S(=O)(=O)N(CC(=O)N/N=C\c2cc([N+](=O)[O-])ccc2N2CCOCC2)c2ccc(F)cc2)cc1OC. The first kappa shape index (κ1) is 30.2. The standard InChI is InChI=1S/C27H28FN5O8S/c1-39-25-10-8-23(16-26(25)40-2)42(37,38)32(21-5-3-20(28)4-6-21)18-27(34)30-29-17-19-15-22(33(35)36)7-9-24(19)31-11-13-41-14-12-31/h3-10,15-17H,11-14,18H2,1-2H3,(H,30,34)/b29-17-. The van der Waals surface area contributed by atoms with E-state index in [9.17, 15) is 27.7 Å². The van der Waals surface area contributed by atoms with Crippen molar-refractivity contribution < 1.29 is 36.7 Å². The van der Waals surface area contributed by atoms with Crippen LogP contribution in [0, 0.1) is 15.9 Å². The fourth-order valence-corrected chi connectivity index (χ4v) is 5.65. The van der Waals surface area contributed by atoms with Gasteiger partial charge in [0.05, 0.1) is 49.2 Å². The molecule has 15 heteroatoms. The lowest BCUT2D eigenvalue weighted by Crippen LogP contribution is -2.39. The number of sulfonamides is 1. The van der Waals surface area contributed by atoms with Gasteiger partial charge in [0.1, 0.15) is 12.4 Å². The summed E-state index contributed by atoms with van der Waals surface area (Å²) in [5.74, 6) is -0.962. The molecule has 42 heavy (non-hydrogen) atoms. The van der Waals surface area contributed by atoms with Crippen molar-refractivity contribution in [3.8, 4) is 11.5 Å². The minimum Gasteiger partial charge on any atom is -0.493 e. The second-order valence-corrected chi connectivity index (χ2v) is 10.8. The molecule has 3 aromatic carbocycles. The fraction of sp³-hybridized carbons (Fsp3) is 0.259. The number of morpholine rings is 1. The number of carbonyl (C=O) groups is 1. The molecule has 1 amide bonds. The highest BCUT2D eigenvalue weighted by molar-refractivity contribution is 7.92. The maximum atomic E-state index is 13.7. The van der Waals surface area contributed by atoms with E-state index in [1.165, 1.54) is 62.9 Å². The Morgan fingerprint density at radius 2 is 1.79 bits per heavy atom. The van der Waals surface area contributed by atoms with E-state index < -0.39 is 33.2 Å². The Balaban J connectivity index is 1.60. The smallest absolute Gasteiger partial charge is 0.270 e. The lowest BCUT2D eigenvalue weighted by atomic mass is 10.1. The number of anilines is 2. The Morgan fingerprint density at radius 3 is 2.43 bits per heavy atom. The summed E-state index contributed by atoms with van der Waals surface area (Å²) in [6, 6.07) is 12.8. The Kier molecular flexibility index (Phi) is 9.54. The molecule has 0 aromatic heterocycles. The number of hydrazone groups is 1. The summed E-state index contributed by atoms with van der Waals surface area (Å²) in [5.41, 5.74) is 3.17. The summed E-state index contributed by atoms with van der Waals surface area (Å²) in [4.78, 5) is 25.5. The quantitative estimate of drug-likeness (QED) is 0.199. The highest BCUT2D eigenvalue weighted by Gasteiger charge is 2.28. The number of non-ortho nitro benzene ring substituents is 1. The molecular weight excluding hydrogens is 573 g/mol. The summed E-state index contributed by atoms with van der Waals surface area (Å²) in [5, 5.41) is 15.3. The first-order chi connectivity index (χ1) is 20.1. The first-order valence-corrected chi connectivity index (χ1v) is 14.0. The molecular formula is C27H28FN5O8S. The highest BCUT2D eigenvalue weighted by Crippen LogP contribution is 2.32. The molecule has 0 unspecified atom stereocenters. The highest BCUT2D eigenvalue weighted by atomic mass is 32.2. The van der Waals surface area contributed by atoms with Gasteiger partial charge in [-0.1, -0.05) is 0 Å². The third-order valence-electron chi connectivity index (χ3n) is 6.31. The van der Waals surface area contributed by atoms with E-state index in [1.807, 2.05) is 4.90 Å². The second kappa shape index (κ2) is 13.3. The topological polar surface area (TPSA) is 153 Å². The van der Waals surface area contributed by atoms with Crippen LogP contribution in [0.4, 0.5) is 21.5 Å². The van der Waals surface area contributed by atoms with Gasteiger partial charge in [0, 0.05) is 42.5 Å². The molecule has 0 aliphatic carbocycles. The van der Waals surface area contributed by atoms with Gasteiger partial charge in [0.2, 0.25) is 0 Å². The van der Waals surface area contributed by atoms with Crippen LogP contribution in [0.15, 0.2) is 70.7 Å². The average Bonchev–Trinajstić information content (AvgIpc) is 3.00. The van der Waals surface area contributed by atoms with Gasteiger partial charge in [-0.2, -0.15) is 5.10 Å². The number of hydrogen-bond donors (Lipinski definition) is 1. The summed E-state index contributed by atoms with van der Waals surface area (Å²) in [6.07, 6.45) is 1.25. The Labute approximate surface area is 241 Å². The van der Waals surface area contributed by atoms with Crippen molar-refractivity contribution in [3.63, 3.8) is 0 Å². The van der Waals surface area contributed by atoms with Gasteiger partial charge in [-0.15, -0.1) is 0 Å². The van der Waals surface area contributed by atoms with E-state index >= 15 is 0 Å². The van der Waals surface area contributed by atoms with Crippen molar-refractivity contribution in [2.45, 2.75) is 4.90 Å². The molecule has 1 heterocycles. The molecule has 13 nitrogen and oxygen atoms in total. The summed E-state index contributed by atoms with van der Waals surface area (Å²) >= 11 is 0. The molecule has 222 valence electrons. The largest absolute Gasteiger partial charge is 0.493 e. The Bertz CT molecular complexity index is 1580. The van der Waals surface area contributed by atoms with Gasteiger partial charge in [-0.3, -0.25) is 19.2 Å². The zero-order chi connectivity index (χ0) is 30.3. The lowest BCUT2D eigenvalue weighted by molar-refractivity contribution is -0.384. The molecule has 0 atom stereocenters. The van der Waals surface area contributed by atoms with E-state index in [0.717, 1.165) is 16.4 Å². The van der Waals surface area contributed by atoms with Crippen LogP contribution in [-0.4, -0.2) is 72.5 Å². The average molecular weight is 602 g/mol. The zero-order valence-electron chi connectivity index (χ0n) is 22.7. The zero-order valence-corrected chi connectivity index (χ0v) is 23.5. The third-order valence-corrected chi connectivity index (χ3v) is 8.08. The number of nitrogens with zero attached hydrogens (tertiary/aromatic N) is 4. The van der Waals surface area contributed by atoms with Crippen molar-refractivity contribution in [1.82, 2.24) is 5.43 Å². The molecule has 1 N–H and O–H groups in total.